The number of benzene rings is 1. The lowest BCUT2D eigenvalue weighted by Gasteiger charge is -2.07. The van der Waals surface area contributed by atoms with E-state index >= 15 is 0 Å². The van der Waals surface area contributed by atoms with Crippen molar-refractivity contribution in [2.75, 3.05) is 0 Å². The predicted molar refractivity (Wildman–Crippen MR) is 153 cm³/mol. The molecule has 0 aliphatic rings. The van der Waals surface area contributed by atoms with Crippen molar-refractivity contribution in [3.8, 4) is 33.6 Å². The smallest absolute Gasteiger partial charge is 0.181 e. The molecule has 0 saturated heterocycles. The van der Waals surface area contributed by atoms with Crippen LogP contribution in [-0.4, -0.2) is 30.1 Å². The summed E-state index contributed by atoms with van der Waals surface area (Å²) in [6.45, 7) is 1.54. The van der Waals surface area contributed by atoms with Gasteiger partial charge in [-0.1, -0.05) is 30.3 Å². The molecule has 38 heavy (non-hydrogen) atoms. The van der Waals surface area contributed by atoms with Crippen molar-refractivity contribution in [1.29, 1.82) is 0 Å². The van der Waals surface area contributed by atoms with Crippen LogP contribution in [0.15, 0.2) is 96.2 Å². The number of H-pyrrole nitrogens is 2. The number of pyridine rings is 3. The molecule has 0 radical (unpaired) electrons. The van der Waals surface area contributed by atoms with Gasteiger partial charge in [-0.05, 0) is 63.3 Å². The summed E-state index contributed by atoms with van der Waals surface area (Å²) < 4.78 is 0. The van der Waals surface area contributed by atoms with Crippen molar-refractivity contribution in [2.45, 2.75) is 13.1 Å². The van der Waals surface area contributed by atoms with Crippen LogP contribution in [0.1, 0.15) is 11.1 Å². The first-order valence-corrected chi connectivity index (χ1v) is 13.3. The zero-order chi connectivity index (χ0) is 25.3. The standard InChI is InChI=1S/C30H23N7S/c1-2-4-19(5-3-1)13-31-14-20-10-22(16-32-15-20)23-11-26-28(36-37-30(26)34-17-23)27-12-25-24(21-7-9-38-18-21)6-8-33-29(25)35-27/h1-12,15-18,31H,13-14H2,(H,33,35)(H,34,36,37). The number of hydrogen-bond acceptors (Lipinski definition) is 6. The Morgan fingerprint density at radius 1 is 0.789 bits per heavy atom. The van der Waals surface area contributed by atoms with Crippen LogP contribution < -0.4 is 5.32 Å². The lowest BCUT2D eigenvalue weighted by Crippen LogP contribution is -2.12. The Morgan fingerprint density at radius 2 is 1.68 bits per heavy atom. The minimum absolute atomic E-state index is 0.669. The van der Waals surface area contributed by atoms with E-state index in [4.69, 9.17) is 0 Å². The van der Waals surface area contributed by atoms with E-state index in [1.54, 1.807) is 11.3 Å². The first-order valence-electron chi connectivity index (χ1n) is 12.4. The predicted octanol–water partition coefficient (Wildman–Crippen LogP) is 6.58. The molecule has 0 amide bonds. The second-order valence-electron chi connectivity index (χ2n) is 9.18. The molecule has 0 spiro atoms. The molecule has 7 rings (SSSR count). The summed E-state index contributed by atoms with van der Waals surface area (Å²) in [6, 6.07) is 21.0. The van der Waals surface area contributed by atoms with Crippen LogP contribution in [0.25, 0.3) is 55.7 Å². The molecule has 0 bridgehead atoms. The summed E-state index contributed by atoms with van der Waals surface area (Å²) in [4.78, 5) is 17.2. The van der Waals surface area contributed by atoms with Gasteiger partial charge in [-0.3, -0.25) is 10.1 Å². The molecule has 0 aliphatic carbocycles. The highest BCUT2D eigenvalue weighted by Gasteiger charge is 2.15. The summed E-state index contributed by atoms with van der Waals surface area (Å²) in [5.74, 6) is 0. The number of nitrogens with zero attached hydrogens (tertiary/aromatic N) is 4. The SMILES string of the molecule is c1ccc(CNCc2cncc(-c3cnc4n[nH]c(-c5cc6c(-c7ccsc7)ccnc6[nH]5)c4c3)c2)cc1. The lowest BCUT2D eigenvalue weighted by atomic mass is 10.0. The van der Waals surface area contributed by atoms with Gasteiger partial charge >= 0.3 is 0 Å². The fraction of sp³-hybridized carbons (Fsp3) is 0.0667. The topological polar surface area (TPSA) is 95.2 Å². The Hall–Kier alpha value is -4.66. The molecular formula is C30H23N7S. The minimum Gasteiger partial charge on any atom is -0.338 e. The number of thiophene rings is 1. The van der Waals surface area contributed by atoms with Crippen LogP contribution in [0.3, 0.4) is 0 Å². The van der Waals surface area contributed by atoms with Crippen LogP contribution in [-0.2, 0) is 13.1 Å². The summed E-state index contributed by atoms with van der Waals surface area (Å²) in [7, 11) is 0. The molecule has 6 aromatic heterocycles. The lowest BCUT2D eigenvalue weighted by molar-refractivity contribution is 0.691. The number of hydrogen-bond donors (Lipinski definition) is 3. The van der Waals surface area contributed by atoms with E-state index in [1.807, 2.05) is 30.9 Å². The first kappa shape index (κ1) is 22.5. The van der Waals surface area contributed by atoms with Crippen molar-refractivity contribution in [2.24, 2.45) is 0 Å². The van der Waals surface area contributed by atoms with Crippen LogP contribution in [0.5, 0.6) is 0 Å². The molecule has 0 aliphatic heterocycles. The van der Waals surface area contributed by atoms with Crippen molar-refractivity contribution >= 4 is 33.4 Å². The normalized spacial score (nSPS) is 11.5. The van der Waals surface area contributed by atoms with Crippen LogP contribution in [0.2, 0.25) is 0 Å². The van der Waals surface area contributed by atoms with Crippen LogP contribution >= 0.6 is 11.3 Å². The van der Waals surface area contributed by atoms with Gasteiger partial charge in [-0.2, -0.15) is 16.4 Å². The third-order valence-corrected chi connectivity index (χ3v) is 7.36. The van der Waals surface area contributed by atoms with Gasteiger partial charge in [0, 0.05) is 59.8 Å². The maximum absolute atomic E-state index is 4.63. The Balaban J connectivity index is 1.20. The Labute approximate surface area is 222 Å². The molecule has 0 saturated carbocycles. The highest BCUT2D eigenvalue weighted by Crippen LogP contribution is 2.34. The number of fused-ring (bicyclic) bond motifs is 2. The molecule has 0 atom stereocenters. The monoisotopic (exact) mass is 513 g/mol. The second-order valence-corrected chi connectivity index (χ2v) is 9.96. The van der Waals surface area contributed by atoms with Crippen molar-refractivity contribution in [3.05, 3.63) is 107 Å². The van der Waals surface area contributed by atoms with Crippen LogP contribution in [0, 0.1) is 0 Å². The zero-order valence-electron chi connectivity index (χ0n) is 20.3. The quantitative estimate of drug-likeness (QED) is 0.224. The fourth-order valence-corrected chi connectivity index (χ4v) is 5.44. The zero-order valence-corrected chi connectivity index (χ0v) is 21.2. The third kappa shape index (κ3) is 4.26. The average molecular weight is 514 g/mol. The molecule has 6 heterocycles. The second kappa shape index (κ2) is 9.66. The first-order chi connectivity index (χ1) is 18.8. The van der Waals surface area contributed by atoms with Gasteiger partial charge in [0.2, 0.25) is 0 Å². The highest BCUT2D eigenvalue weighted by atomic mass is 32.1. The molecule has 8 heteroatoms. The minimum atomic E-state index is 0.669. The molecule has 0 fully saturated rings. The number of rotatable bonds is 7. The van der Waals surface area contributed by atoms with E-state index in [1.165, 1.54) is 11.1 Å². The molecular weight excluding hydrogens is 490 g/mol. The van der Waals surface area contributed by atoms with E-state index in [9.17, 15) is 0 Å². The van der Waals surface area contributed by atoms with E-state index in [0.29, 0.717) is 5.65 Å². The largest absolute Gasteiger partial charge is 0.338 e. The molecule has 184 valence electrons. The average Bonchev–Trinajstić information content (AvgIpc) is 3.73. The molecule has 0 unspecified atom stereocenters. The highest BCUT2D eigenvalue weighted by molar-refractivity contribution is 7.08. The van der Waals surface area contributed by atoms with E-state index < -0.39 is 0 Å². The number of nitrogens with one attached hydrogen (secondary N) is 3. The van der Waals surface area contributed by atoms with Crippen molar-refractivity contribution in [3.63, 3.8) is 0 Å². The Kier molecular flexibility index (Phi) is 5.73. The van der Waals surface area contributed by atoms with Gasteiger partial charge in [-0.15, -0.1) is 0 Å². The summed E-state index contributed by atoms with van der Waals surface area (Å²) in [5.41, 5.74) is 10.1. The summed E-state index contributed by atoms with van der Waals surface area (Å²) in [5, 5.41) is 17.4. The Morgan fingerprint density at radius 3 is 2.58 bits per heavy atom. The van der Waals surface area contributed by atoms with Gasteiger partial charge in [0.25, 0.3) is 0 Å². The molecule has 7 aromatic rings. The molecule has 7 nitrogen and oxygen atoms in total. The van der Waals surface area contributed by atoms with Gasteiger partial charge in [0.15, 0.2) is 5.65 Å². The van der Waals surface area contributed by atoms with Gasteiger partial charge < -0.3 is 10.3 Å². The number of aromatic amines is 2. The fourth-order valence-electron chi connectivity index (χ4n) is 4.78. The maximum atomic E-state index is 4.63. The maximum Gasteiger partial charge on any atom is 0.181 e. The number of aromatic nitrogens is 6. The third-order valence-electron chi connectivity index (χ3n) is 6.67. The van der Waals surface area contributed by atoms with Gasteiger partial charge in [-0.25, -0.2) is 9.97 Å². The van der Waals surface area contributed by atoms with Gasteiger partial charge in [0.05, 0.1) is 11.4 Å². The van der Waals surface area contributed by atoms with E-state index in [0.717, 1.165) is 63.2 Å². The van der Waals surface area contributed by atoms with Crippen molar-refractivity contribution in [1.82, 2.24) is 35.5 Å². The summed E-state index contributed by atoms with van der Waals surface area (Å²) >= 11 is 1.69. The van der Waals surface area contributed by atoms with E-state index in [-0.39, 0.29) is 0 Å². The van der Waals surface area contributed by atoms with Crippen LogP contribution in [0.4, 0.5) is 0 Å². The molecule has 3 N–H and O–H groups in total. The van der Waals surface area contributed by atoms with Crippen molar-refractivity contribution < 1.29 is 0 Å². The van der Waals surface area contributed by atoms with E-state index in [2.05, 4.69) is 101 Å². The Bertz CT molecular complexity index is 1850. The molecule has 1 aromatic carbocycles. The summed E-state index contributed by atoms with van der Waals surface area (Å²) in [6.07, 6.45) is 7.48. The van der Waals surface area contributed by atoms with Gasteiger partial charge in [0.1, 0.15) is 5.65 Å².